The van der Waals surface area contributed by atoms with Gasteiger partial charge in [0, 0.05) is 17.8 Å². The van der Waals surface area contributed by atoms with Gasteiger partial charge in [0.2, 0.25) is 0 Å². The van der Waals surface area contributed by atoms with Crippen LogP contribution in [-0.4, -0.2) is 25.7 Å². The molecule has 0 unspecified atom stereocenters. The van der Waals surface area contributed by atoms with Gasteiger partial charge in [0.15, 0.2) is 0 Å². The summed E-state index contributed by atoms with van der Waals surface area (Å²) in [6.45, 7) is 1.35. The molecule has 2 rings (SSSR count). The van der Waals surface area contributed by atoms with Crippen molar-refractivity contribution in [2.24, 2.45) is 0 Å². The van der Waals surface area contributed by atoms with Crippen molar-refractivity contribution in [3.8, 4) is 12.3 Å². The van der Waals surface area contributed by atoms with Crippen LogP contribution in [-0.2, 0) is 9.53 Å². The fourth-order valence-electron chi connectivity index (χ4n) is 1.53. The minimum Gasteiger partial charge on any atom is -0.370 e. The third kappa shape index (κ3) is 2.00. The van der Waals surface area contributed by atoms with E-state index in [0.29, 0.717) is 13.2 Å². The van der Waals surface area contributed by atoms with E-state index in [1.165, 1.54) is 0 Å². The van der Waals surface area contributed by atoms with Gasteiger partial charge in [-0.2, -0.15) is 0 Å². The summed E-state index contributed by atoms with van der Waals surface area (Å²) in [7, 11) is 0. The van der Waals surface area contributed by atoms with Crippen molar-refractivity contribution in [2.75, 3.05) is 24.7 Å². The third-order valence-electron chi connectivity index (χ3n) is 2.33. The van der Waals surface area contributed by atoms with E-state index in [1.54, 1.807) is 4.90 Å². The van der Waals surface area contributed by atoms with Crippen molar-refractivity contribution < 1.29 is 9.53 Å². The Bertz CT molecular complexity index is 403. The van der Waals surface area contributed by atoms with Gasteiger partial charge in [-0.3, -0.25) is 4.79 Å². The first-order valence-electron chi connectivity index (χ1n) is 4.76. The summed E-state index contributed by atoms with van der Waals surface area (Å²) in [6, 6.07) is 7.38. The average Bonchev–Trinajstić information content (AvgIpc) is 2.30. The van der Waals surface area contributed by atoms with E-state index in [4.69, 9.17) is 11.2 Å². The second-order valence-electron chi connectivity index (χ2n) is 3.29. The van der Waals surface area contributed by atoms with Gasteiger partial charge in [0.05, 0.1) is 6.61 Å². The number of morpholine rings is 1. The smallest absolute Gasteiger partial charge is 0.253 e. The lowest BCUT2D eigenvalue weighted by Gasteiger charge is -2.26. The molecule has 1 aromatic carbocycles. The van der Waals surface area contributed by atoms with Crippen LogP contribution in [0.3, 0.4) is 0 Å². The van der Waals surface area contributed by atoms with Crippen molar-refractivity contribution in [1.82, 2.24) is 0 Å². The molecule has 1 aliphatic rings. The van der Waals surface area contributed by atoms with E-state index in [0.717, 1.165) is 11.3 Å². The van der Waals surface area contributed by atoms with Gasteiger partial charge >= 0.3 is 0 Å². The van der Waals surface area contributed by atoms with Gasteiger partial charge in [-0.1, -0.05) is 5.92 Å². The molecule has 3 heteroatoms. The van der Waals surface area contributed by atoms with Crippen LogP contribution in [0.5, 0.6) is 0 Å². The van der Waals surface area contributed by atoms with Crippen LogP contribution >= 0.6 is 0 Å². The molecule has 1 amide bonds. The number of benzene rings is 1. The molecule has 1 saturated heterocycles. The molecule has 0 radical (unpaired) electrons. The maximum absolute atomic E-state index is 11.5. The van der Waals surface area contributed by atoms with Crippen molar-refractivity contribution in [3.05, 3.63) is 29.8 Å². The lowest BCUT2D eigenvalue weighted by Crippen LogP contribution is -2.41. The average molecular weight is 201 g/mol. The quantitative estimate of drug-likeness (QED) is 0.635. The molecule has 0 aromatic heterocycles. The number of rotatable bonds is 1. The third-order valence-corrected chi connectivity index (χ3v) is 2.33. The van der Waals surface area contributed by atoms with Gasteiger partial charge in [-0.15, -0.1) is 6.42 Å². The lowest BCUT2D eigenvalue weighted by atomic mass is 10.2. The molecule has 15 heavy (non-hydrogen) atoms. The first-order chi connectivity index (χ1) is 7.31. The number of amides is 1. The first kappa shape index (κ1) is 9.75. The van der Waals surface area contributed by atoms with Gasteiger partial charge in [-0.05, 0) is 24.3 Å². The van der Waals surface area contributed by atoms with E-state index in [1.807, 2.05) is 24.3 Å². The molecular weight excluding hydrogens is 190 g/mol. The molecule has 76 valence electrons. The van der Waals surface area contributed by atoms with Crippen LogP contribution < -0.4 is 4.90 Å². The van der Waals surface area contributed by atoms with E-state index in [9.17, 15) is 4.79 Å². The zero-order valence-corrected chi connectivity index (χ0v) is 8.27. The van der Waals surface area contributed by atoms with Gasteiger partial charge in [0.25, 0.3) is 5.91 Å². The molecule has 0 spiro atoms. The Morgan fingerprint density at radius 3 is 2.67 bits per heavy atom. The number of ether oxygens (including phenoxy) is 1. The van der Waals surface area contributed by atoms with Crippen LogP contribution in [0.15, 0.2) is 24.3 Å². The standard InChI is InChI=1S/C12H11NO2/c1-2-10-3-5-11(6-4-10)13-7-8-15-9-12(13)14/h1,3-6H,7-9H2. The highest BCUT2D eigenvalue weighted by Crippen LogP contribution is 2.16. The molecule has 3 nitrogen and oxygen atoms in total. The topological polar surface area (TPSA) is 29.5 Å². The van der Waals surface area contributed by atoms with Gasteiger partial charge in [-0.25, -0.2) is 0 Å². The van der Waals surface area contributed by atoms with Crippen LogP contribution in [0.25, 0.3) is 0 Å². The van der Waals surface area contributed by atoms with Gasteiger partial charge < -0.3 is 9.64 Å². The maximum atomic E-state index is 11.5. The Hall–Kier alpha value is -1.79. The van der Waals surface area contributed by atoms with Crippen molar-refractivity contribution in [3.63, 3.8) is 0 Å². The molecule has 0 N–H and O–H groups in total. The summed E-state index contributed by atoms with van der Waals surface area (Å²) in [4.78, 5) is 13.2. The monoisotopic (exact) mass is 201 g/mol. The van der Waals surface area contributed by atoms with Crippen LogP contribution in [0.2, 0.25) is 0 Å². The number of anilines is 1. The van der Waals surface area contributed by atoms with Crippen LogP contribution in [0.4, 0.5) is 5.69 Å². The molecule has 1 fully saturated rings. The van der Waals surface area contributed by atoms with Crippen molar-refractivity contribution >= 4 is 11.6 Å². The van der Waals surface area contributed by atoms with Crippen LogP contribution in [0, 0.1) is 12.3 Å². The normalized spacial score (nSPS) is 16.2. The predicted octanol–water partition coefficient (Wildman–Crippen LogP) is 1.03. The Balaban J connectivity index is 2.21. The molecule has 1 aromatic rings. The molecule has 1 heterocycles. The highest BCUT2D eigenvalue weighted by atomic mass is 16.5. The SMILES string of the molecule is C#Cc1ccc(N2CCOCC2=O)cc1. The Labute approximate surface area is 88.6 Å². The maximum Gasteiger partial charge on any atom is 0.253 e. The number of carbonyl (C=O) groups excluding carboxylic acids is 1. The number of hydrogen-bond donors (Lipinski definition) is 0. The Kier molecular flexibility index (Phi) is 2.70. The molecule has 0 saturated carbocycles. The van der Waals surface area contributed by atoms with E-state index < -0.39 is 0 Å². The minimum atomic E-state index is -0.00490. The Morgan fingerprint density at radius 2 is 2.07 bits per heavy atom. The molecule has 1 aliphatic heterocycles. The number of nitrogens with zero attached hydrogens (tertiary/aromatic N) is 1. The Morgan fingerprint density at radius 1 is 1.33 bits per heavy atom. The number of terminal acetylenes is 1. The van der Waals surface area contributed by atoms with Crippen LogP contribution in [0.1, 0.15) is 5.56 Å². The molecule has 0 atom stereocenters. The summed E-state index contributed by atoms with van der Waals surface area (Å²) in [5.74, 6) is 2.54. The zero-order valence-electron chi connectivity index (χ0n) is 8.27. The zero-order chi connectivity index (χ0) is 10.7. The summed E-state index contributed by atoms with van der Waals surface area (Å²) in [5, 5.41) is 0. The molecule has 0 bridgehead atoms. The summed E-state index contributed by atoms with van der Waals surface area (Å²) < 4.78 is 5.05. The number of hydrogen-bond acceptors (Lipinski definition) is 2. The second-order valence-corrected chi connectivity index (χ2v) is 3.29. The second kappa shape index (κ2) is 4.16. The van der Waals surface area contributed by atoms with E-state index >= 15 is 0 Å². The molecular formula is C12H11NO2. The molecule has 0 aliphatic carbocycles. The lowest BCUT2D eigenvalue weighted by molar-refractivity contribution is -0.125. The highest BCUT2D eigenvalue weighted by molar-refractivity contribution is 5.94. The van der Waals surface area contributed by atoms with E-state index in [-0.39, 0.29) is 12.5 Å². The largest absolute Gasteiger partial charge is 0.370 e. The summed E-state index contributed by atoms with van der Waals surface area (Å²) in [6.07, 6.45) is 5.26. The summed E-state index contributed by atoms with van der Waals surface area (Å²) >= 11 is 0. The van der Waals surface area contributed by atoms with Crippen molar-refractivity contribution in [1.29, 1.82) is 0 Å². The number of carbonyl (C=O) groups is 1. The fraction of sp³-hybridized carbons (Fsp3) is 0.250. The summed E-state index contributed by atoms with van der Waals surface area (Å²) in [5.41, 5.74) is 1.70. The van der Waals surface area contributed by atoms with E-state index in [2.05, 4.69) is 5.92 Å². The first-order valence-corrected chi connectivity index (χ1v) is 4.76. The predicted molar refractivity (Wildman–Crippen MR) is 57.5 cm³/mol. The van der Waals surface area contributed by atoms with Gasteiger partial charge in [0.1, 0.15) is 6.61 Å². The highest BCUT2D eigenvalue weighted by Gasteiger charge is 2.19. The fourth-order valence-corrected chi connectivity index (χ4v) is 1.53. The minimum absolute atomic E-state index is 0.00490. The van der Waals surface area contributed by atoms with Crippen molar-refractivity contribution in [2.45, 2.75) is 0 Å².